The second-order valence-electron chi connectivity index (χ2n) is 5.60. The number of carbonyl (C=O) groups excluding carboxylic acids is 1. The van der Waals surface area contributed by atoms with Crippen LogP contribution in [0.3, 0.4) is 0 Å². The van der Waals surface area contributed by atoms with Crippen molar-refractivity contribution in [3.63, 3.8) is 0 Å². The summed E-state index contributed by atoms with van der Waals surface area (Å²) in [5.41, 5.74) is 3.01. The molecule has 0 atom stereocenters. The Morgan fingerprint density at radius 2 is 2.04 bits per heavy atom. The Morgan fingerprint density at radius 3 is 2.83 bits per heavy atom. The van der Waals surface area contributed by atoms with E-state index in [-0.39, 0.29) is 12.3 Å². The third kappa shape index (κ3) is 4.43. The number of nitrogens with zero attached hydrogens (tertiary/aromatic N) is 2. The lowest BCUT2D eigenvalue weighted by atomic mass is 10.1. The molecule has 0 spiro atoms. The van der Waals surface area contributed by atoms with E-state index in [0.29, 0.717) is 23.0 Å². The summed E-state index contributed by atoms with van der Waals surface area (Å²) < 4.78 is 0. The van der Waals surface area contributed by atoms with Crippen LogP contribution in [-0.2, 0) is 17.6 Å². The highest BCUT2D eigenvalue weighted by molar-refractivity contribution is 6.30. The zero-order valence-corrected chi connectivity index (χ0v) is 14.0. The van der Waals surface area contributed by atoms with Gasteiger partial charge in [0.25, 0.3) is 0 Å². The van der Waals surface area contributed by atoms with Gasteiger partial charge < -0.3 is 5.32 Å². The molecule has 0 unspecified atom stereocenters. The Bertz CT molecular complexity index is 859. The summed E-state index contributed by atoms with van der Waals surface area (Å²) in [4.78, 5) is 16.4. The van der Waals surface area contributed by atoms with Gasteiger partial charge in [0.1, 0.15) is 5.82 Å². The third-order valence-corrected chi connectivity index (χ3v) is 3.69. The van der Waals surface area contributed by atoms with E-state index in [0.717, 1.165) is 11.4 Å². The van der Waals surface area contributed by atoms with E-state index in [2.05, 4.69) is 39.6 Å². The van der Waals surface area contributed by atoms with Crippen LogP contribution in [0.15, 0.2) is 48.5 Å². The van der Waals surface area contributed by atoms with Crippen molar-refractivity contribution in [1.29, 1.82) is 0 Å². The first-order chi connectivity index (χ1) is 11.6. The van der Waals surface area contributed by atoms with Crippen LogP contribution in [0.2, 0.25) is 5.02 Å². The van der Waals surface area contributed by atoms with E-state index in [9.17, 15) is 4.79 Å². The Balaban J connectivity index is 1.60. The van der Waals surface area contributed by atoms with Gasteiger partial charge in [-0.1, -0.05) is 47.5 Å². The molecule has 3 rings (SSSR count). The number of nitrogens with one attached hydrogen (secondary N) is 2. The summed E-state index contributed by atoms with van der Waals surface area (Å²) in [6, 6.07) is 15.2. The van der Waals surface area contributed by atoms with E-state index >= 15 is 0 Å². The molecule has 6 heteroatoms. The zero-order valence-electron chi connectivity index (χ0n) is 13.2. The van der Waals surface area contributed by atoms with Crippen molar-refractivity contribution in [3.8, 4) is 0 Å². The van der Waals surface area contributed by atoms with E-state index in [1.54, 1.807) is 24.3 Å². The van der Waals surface area contributed by atoms with E-state index in [1.165, 1.54) is 5.56 Å². The molecule has 0 saturated carbocycles. The topological polar surface area (TPSA) is 70.7 Å². The van der Waals surface area contributed by atoms with Crippen molar-refractivity contribution in [2.75, 3.05) is 5.32 Å². The van der Waals surface area contributed by atoms with Gasteiger partial charge in [0.05, 0.1) is 6.42 Å². The molecule has 0 radical (unpaired) electrons. The lowest BCUT2D eigenvalue weighted by Gasteiger charge is -2.03. The number of aryl methyl sites for hydroxylation is 1. The number of hydrogen-bond donors (Lipinski definition) is 2. The first-order valence-corrected chi connectivity index (χ1v) is 7.97. The number of aromatic nitrogens is 3. The van der Waals surface area contributed by atoms with Crippen molar-refractivity contribution < 1.29 is 4.79 Å². The smallest absolute Gasteiger partial charge is 0.232 e. The molecule has 2 N–H and O–H groups in total. The number of carbonyl (C=O) groups is 1. The fourth-order valence-corrected chi connectivity index (χ4v) is 2.61. The summed E-state index contributed by atoms with van der Waals surface area (Å²) >= 11 is 5.90. The first-order valence-electron chi connectivity index (χ1n) is 7.59. The number of anilines is 1. The molecule has 1 amide bonds. The second kappa shape index (κ2) is 7.27. The van der Waals surface area contributed by atoms with Gasteiger partial charge in [-0.05, 0) is 30.7 Å². The molecule has 0 aliphatic heterocycles. The average molecular weight is 341 g/mol. The molecular formula is C18H17ClN4O. The summed E-state index contributed by atoms with van der Waals surface area (Å²) in [5, 5.41) is 10.4. The molecule has 0 bridgehead atoms. The molecule has 2 aromatic carbocycles. The molecule has 24 heavy (non-hydrogen) atoms. The molecule has 0 aliphatic carbocycles. The van der Waals surface area contributed by atoms with Gasteiger partial charge in [0.2, 0.25) is 5.91 Å². The number of H-pyrrole nitrogens is 1. The van der Waals surface area contributed by atoms with Crippen LogP contribution in [0.5, 0.6) is 0 Å². The lowest BCUT2D eigenvalue weighted by Crippen LogP contribution is -2.15. The van der Waals surface area contributed by atoms with Crippen LogP contribution < -0.4 is 5.32 Å². The highest BCUT2D eigenvalue weighted by atomic mass is 35.5. The van der Waals surface area contributed by atoms with Crippen LogP contribution in [0.1, 0.15) is 22.8 Å². The minimum Gasteiger partial charge on any atom is -0.326 e. The van der Waals surface area contributed by atoms with E-state index in [1.807, 2.05) is 12.1 Å². The van der Waals surface area contributed by atoms with Gasteiger partial charge in [-0.2, -0.15) is 5.10 Å². The Hall–Kier alpha value is -2.66. The van der Waals surface area contributed by atoms with Crippen molar-refractivity contribution >= 4 is 23.2 Å². The second-order valence-corrected chi connectivity index (χ2v) is 6.04. The van der Waals surface area contributed by atoms with Gasteiger partial charge in [0.15, 0.2) is 5.82 Å². The quantitative estimate of drug-likeness (QED) is 0.746. The zero-order chi connectivity index (χ0) is 16.9. The molecule has 5 nitrogen and oxygen atoms in total. The van der Waals surface area contributed by atoms with Crippen molar-refractivity contribution in [3.05, 3.63) is 76.3 Å². The average Bonchev–Trinajstić information content (AvgIpc) is 2.94. The number of hydrogen-bond acceptors (Lipinski definition) is 3. The molecule has 0 aliphatic rings. The Labute approximate surface area is 145 Å². The van der Waals surface area contributed by atoms with Crippen LogP contribution in [0.4, 0.5) is 5.69 Å². The summed E-state index contributed by atoms with van der Waals surface area (Å²) in [6.45, 7) is 2.05. The highest BCUT2D eigenvalue weighted by Gasteiger charge is 2.10. The van der Waals surface area contributed by atoms with Crippen molar-refractivity contribution in [2.24, 2.45) is 0 Å². The normalized spacial score (nSPS) is 10.6. The third-order valence-electron chi connectivity index (χ3n) is 3.46. The SMILES string of the molecule is Cc1cccc(Cc2nc(CC(=O)Nc3cccc(Cl)c3)n[nH]2)c1. The van der Waals surface area contributed by atoms with Crippen LogP contribution >= 0.6 is 11.6 Å². The van der Waals surface area contributed by atoms with Crippen molar-refractivity contribution in [1.82, 2.24) is 15.2 Å². The van der Waals surface area contributed by atoms with Gasteiger partial charge in [-0.15, -0.1) is 0 Å². The van der Waals surface area contributed by atoms with Gasteiger partial charge >= 0.3 is 0 Å². The molecule has 1 aromatic heterocycles. The fourth-order valence-electron chi connectivity index (χ4n) is 2.42. The predicted molar refractivity (Wildman–Crippen MR) is 94.2 cm³/mol. The fraction of sp³-hybridized carbons (Fsp3) is 0.167. The van der Waals surface area contributed by atoms with Crippen LogP contribution in [-0.4, -0.2) is 21.1 Å². The molecule has 122 valence electrons. The molecule has 0 fully saturated rings. The maximum Gasteiger partial charge on any atom is 0.232 e. The van der Waals surface area contributed by atoms with Gasteiger partial charge in [-0.3, -0.25) is 9.89 Å². The van der Waals surface area contributed by atoms with Crippen LogP contribution in [0.25, 0.3) is 0 Å². The number of benzene rings is 2. The minimum absolute atomic E-state index is 0.108. The van der Waals surface area contributed by atoms with Crippen LogP contribution in [0, 0.1) is 6.92 Å². The molecule has 0 saturated heterocycles. The van der Waals surface area contributed by atoms with Gasteiger partial charge in [0, 0.05) is 17.1 Å². The Morgan fingerprint density at radius 1 is 1.21 bits per heavy atom. The molecular weight excluding hydrogens is 324 g/mol. The van der Waals surface area contributed by atoms with E-state index in [4.69, 9.17) is 11.6 Å². The minimum atomic E-state index is -0.182. The maximum atomic E-state index is 12.1. The van der Waals surface area contributed by atoms with Gasteiger partial charge in [-0.25, -0.2) is 4.98 Å². The predicted octanol–water partition coefficient (Wildman–Crippen LogP) is 3.54. The maximum absolute atomic E-state index is 12.1. The van der Waals surface area contributed by atoms with E-state index < -0.39 is 0 Å². The summed E-state index contributed by atoms with van der Waals surface area (Å²) in [7, 11) is 0. The summed E-state index contributed by atoms with van der Waals surface area (Å²) in [5.74, 6) is 1.03. The summed E-state index contributed by atoms with van der Waals surface area (Å²) in [6.07, 6.45) is 0.765. The largest absolute Gasteiger partial charge is 0.326 e. The molecule has 3 aromatic rings. The van der Waals surface area contributed by atoms with Crippen molar-refractivity contribution in [2.45, 2.75) is 19.8 Å². The highest BCUT2D eigenvalue weighted by Crippen LogP contribution is 2.15. The standard InChI is InChI=1S/C18H17ClN4O/c1-12-4-2-5-13(8-12)9-16-21-17(23-22-16)11-18(24)20-15-7-3-6-14(19)10-15/h2-8,10H,9,11H2,1H3,(H,20,24)(H,21,22,23). The molecule has 1 heterocycles. The number of amides is 1. The Kier molecular flexibility index (Phi) is 4.91. The number of rotatable bonds is 5. The first kappa shape index (κ1) is 16.2. The monoisotopic (exact) mass is 340 g/mol. The lowest BCUT2D eigenvalue weighted by molar-refractivity contribution is -0.115. The number of aromatic amines is 1. The number of halogens is 1.